The summed E-state index contributed by atoms with van der Waals surface area (Å²) in [6.45, 7) is 1.36. The highest BCUT2D eigenvalue weighted by Gasteiger charge is 2.23. The number of thioether (sulfide) groups is 1. The van der Waals surface area contributed by atoms with Gasteiger partial charge in [-0.25, -0.2) is 9.37 Å². The highest BCUT2D eigenvalue weighted by atomic mass is 32.2. The molecule has 24 heavy (non-hydrogen) atoms. The maximum Gasteiger partial charge on any atom is 0.244 e. The van der Waals surface area contributed by atoms with Crippen LogP contribution in [0.25, 0.3) is 11.3 Å². The lowest BCUT2D eigenvalue weighted by Gasteiger charge is -2.07. The zero-order valence-corrected chi connectivity index (χ0v) is 14.4. The first-order chi connectivity index (χ1) is 11.5. The number of benzene rings is 1. The van der Waals surface area contributed by atoms with Crippen molar-refractivity contribution in [2.24, 2.45) is 0 Å². The number of hydrogen-bond acceptors (Lipinski definition) is 6. The van der Waals surface area contributed by atoms with Gasteiger partial charge in [0.15, 0.2) is 5.13 Å². The van der Waals surface area contributed by atoms with Crippen molar-refractivity contribution in [3.05, 3.63) is 29.4 Å². The SMILES string of the molecule is CC(=O)Nc1ccc(-c2csc(NC(=O)C3CSCN3)n2)c(F)c1. The van der Waals surface area contributed by atoms with E-state index in [1.165, 1.54) is 24.3 Å². The Labute approximate surface area is 146 Å². The maximum absolute atomic E-state index is 14.2. The molecule has 0 radical (unpaired) electrons. The fraction of sp³-hybridized carbons (Fsp3) is 0.267. The fourth-order valence-electron chi connectivity index (χ4n) is 2.21. The fourth-order valence-corrected chi connectivity index (χ4v) is 3.87. The van der Waals surface area contributed by atoms with Crippen molar-refractivity contribution in [3.63, 3.8) is 0 Å². The normalized spacial score (nSPS) is 16.8. The minimum Gasteiger partial charge on any atom is -0.326 e. The van der Waals surface area contributed by atoms with E-state index in [0.717, 1.165) is 11.6 Å². The molecule has 1 atom stereocenters. The second kappa shape index (κ2) is 7.29. The summed E-state index contributed by atoms with van der Waals surface area (Å²) in [5.74, 6) is 0.594. The van der Waals surface area contributed by atoms with Crippen molar-refractivity contribution < 1.29 is 14.0 Å². The van der Waals surface area contributed by atoms with Gasteiger partial charge in [0.25, 0.3) is 0 Å². The van der Waals surface area contributed by atoms with Crippen LogP contribution in [0.4, 0.5) is 15.2 Å². The van der Waals surface area contributed by atoms with E-state index in [9.17, 15) is 14.0 Å². The second-order valence-electron chi connectivity index (χ2n) is 5.17. The number of aromatic nitrogens is 1. The van der Waals surface area contributed by atoms with Crippen molar-refractivity contribution in [1.82, 2.24) is 10.3 Å². The summed E-state index contributed by atoms with van der Waals surface area (Å²) in [6.07, 6.45) is 0. The zero-order valence-electron chi connectivity index (χ0n) is 12.8. The molecule has 0 bridgehead atoms. The Hall–Kier alpha value is -1.97. The third-order valence-electron chi connectivity index (χ3n) is 3.33. The van der Waals surface area contributed by atoms with E-state index in [1.54, 1.807) is 29.3 Å². The smallest absolute Gasteiger partial charge is 0.244 e. The molecule has 0 spiro atoms. The topological polar surface area (TPSA) is 83.1 Å². The molecule has 126 valence electrons. The van der Waals surface area contributed by atoms with Crippen LogP contribution in [0.3, 0.4) is 0 Å². The van der Waals surface area contributed by atoms with E-state index >= 15 is 0 Å². The van der Waals surface area contributed by atoms with Crippen LogP contribution in [0.5, 0.6) is 0 Å². The maximum atomic E-state index is 14.2. The van der Waals surface area contributed by atoms with Gasteiger partial charge in [0.2, 0.25) is 11.8 Å². The van der Waals surface area contributed by atoms with Crippen molar-refractivity contribution in [1.29, 1.82) is 0 Å². The molecule has 1 saturated heterocycles. The second-order valence-corrected chi connectivity index (χ2v) is 7.06. The van der Waals surface area contributed by atoms with Crippen molar-refractivity contribution in [3.8, 4) is 11.3 Å². The van der Waals surface area contributed by atoms with E-state index in [4.69, 9.17) is 0 Å². The molecule has 1 aromatic heterocycles. The molecule has 3 rings (SSSR count). The highest BCUT2D eigenvalue weighted by Crippen LogP contribution is 2.29. The Morgan fingerprint density at radius 2 is 2.21 bits per heavy atom. The molecule has 1 aliphatic heterocycles. The van der Waals surface area contributed by atoms with Gasteiger partial charge in [0, 0.05) is 35.2 Å². The average Bonchev–Trinajstić information content (AvgIpc) is 3.18. The first kappa shape index (κ1) is 16.9. The van der Waals surface area contributed by atoms with Gasteiger partial charge in [-0.05, 0) is 18.2 Å². The Morgan fingerprint density at radius 3 is 2.88 bits per heavy atom. The lowest BCUT2D eigenvalue weighted by molar-refractivity contribution is -0.117. The van der Waals surface area contributed by atoms with E-state index in [-0.39, 0.29) is 17.9 Å². The first-order valence-corrected chi connectivity index (χ1v) is 9.21. The molecule has 0 aliphatic carbocycles. The van der Waals surface area contributed by atoms with Crippen LogP contribution >= 0.6 is 23.1 Å². The minimum atomic E-state index is -0.488. The van der Waals surface area contributed by atoms with E-state index in [1.807, 2.05) is 0 Å². The number of thiazole rings is 1. The van der Waals surface area contributed by atoms with Crippen molar-refractivity contribution in [2.45, 2.75) is 13.0 Å². The minimum absolute atomic E-state index is 0.137. The summed E-state index contributed by atoms with van der Waals surface area (Å²) in [5.41, 5.74) is 1.14. The van der Waals surface area contributed by atoms with Gasteiger partial charge in [-0.15, -0.1) is 23.1 Å². The number of anilines is 2. The molecular weight excluding hydrogens is 351 g/mol. The molecule has 2 heterocycles. The van der Waals surface area contributed by atoms with E-state index < -0.39 is 5.82 Å². The number of amides is 2. The molecule has 1 fully saturated rings. The Bertz CT molecular complexity index is 775. The van der Waals surface area contributed by atoms with E-state index in [0.29, 0.717) is 22.1 Å². The van der Waals surface area contributed by atoms with Crippen LogP contribution < -0.4 is 16.0 Å². The van der Waals surface area contributed by atoms with Gasteiger partial charge in [-0.3, -0.25) is 14.9 Å². The standard InChI is InChI=1S/C15H15FN4O2S2/c1-8(21)18-9-2-3-10(11(16)4-9)12-6-24-15(19-12)20-14(22)13-5-23-7-17-13/h2-4,6,13,17H,5,7H2,1H3,(H,18,21)(H,19,20,22). The summed E-state index contributed by atoms with van der Waals surface area (Å²) in [6, 6.07) is 4.18. The lowest BCUT2D eigenvalue weighted by atomic mass is 10.1. The third kappa shape index (κ3) is 3.92. The number of hydrogen-bond donors (Lipinski definition) is 3. The molecular formula is C15H15FN4O2S2. The van der Waals surface area contributed by atoms with Gasteiger partial charge >= 0.3 is 0 Å². The van der Waals surface area contributed by atoms with Crippen LogP contribution in [0, 0.1) is 5.82 Å². The van der Waals surface area contributed by atoms with Crippen LogP contribution in [-0.4, -0.2) is 34.5 Å². The van der Waals surface area contributed by atoms with Crippen LogP contribution in [0.15, 0.2) is 23.6 Å². The van der Waals surface area contributed by atoms with Gasteiger partial charge in [-0.1, -0.05) is 0 Å². The quantitative estimate of drug-likeness (QED) is 0.774. The third-order valence-corrected chi connectivity index (χ3v) is 5.03. The molecule has 3 N–H and O–H groups in total. The Kier molecular flexibility index (Phi) is 5.12. The summed E-state index contributed by atoms with van der Waals surface area (Å²) >= 11 is 2.90. The van der Waals surface area contributed by atoms with Crippen molar-refractivity contribution in [2.75, 3.05) is 22.3 Å². The summed E-state index contributed by atoms with van der Waals surface area (Å²) in [5, 5.41) is 10.5. The van der Waals surface area contributed by atoms with Gasteiger partial charge in [-0.2, -0.15) is 0 Å². The highest BCUT2D eigenvalue weighted by molar-refractivity contribution is 7.99. The summed E-state index contributed by atoms with van der Waals surface area (Å²) in [4.78, 5) is 27.3. The number of halogens is 1. The molecule has 2 amide bonds. The van der Waals surface area contributed by atoms with Gasteiger partial charge in [0.05, 0.1) is 11.7 Å². The number of nitrogens with zero attached hydrogens (tertiary/aromatic N) is 1. The molecule has 0 saturated carbocycles. The van der Waals surface area contributed by atoms with Gasteiger partial charge in [0.1, 0.15) is 5.82 Å². The molecule has 2 aromatic rings. The predicted octanol–water partition coefficient (Wildman–Crippen LogP) is 2.51. The van der Waals surface area contributed by atoms with Crippen LogP contribution in [0.2, 0.25) is 0 Å². The number of carbonyl (C=O) groups is 2. The van der Waals surface area contributed by atoms with Crippen LogP contribution in [0.1, 0.15) is 6.92 Å². The van der Waals surface area contributed by atoms with Crippen molar-refractivity contribution >= 4 is 45.7 Å². The molecule has 1 unspecified atom stereocenters. The van der Waals surface area contributed by atoms with Gasteiger partial charge < -0.3 is 10.6 Å². The predicted molar refractivity (Wildman–Crippen MR) is 94.7 cm³/mol. The number of carbonyl (C=O) groups excluding carboxylic acids is 2. The zero-order chi connectivity index (χ0) is 17.1. The molecule has 9 heteroatoms. The summed E-state index contributed by atoms with van der Waals surface area (Å²) in [7, 11) is 0. The number of nitrogens with one attached hydrogen (secondary N) is 3. The Balaban J connectivity index is 1.73. The average molecular weight is 366 g/mol. The molecule has 1 aromatic carbocycles. The summed E-state index contributed by atoms with van der Waals surface area (Å²) < 4.78 is 14.2. The molecule has 6 nitrogen and oxygen atoms in total. The molecule has 1 aliphatic rings. The largest absolute Gasteiger partial charge is 0.326 e. The van der Waals surface area contributed by atoms with E-state index in [2.05, 4.69) is 20.9 Å². The Morgan fingerprint density at radius 1 is 1.38 bits per heavy atom. The van der Waals surface area contributed by atoms with Crippen LogP contribution in [-0.2, 0) is 9.59 Å². The number of rotatable bonds is 4. The first-order valence-electron chi connectivity index (χ1n) is 7.18. The lowest BCUT2D eigenvalue weighted by Crippen LogP contribution is -2.37. The monoisotopic (exact) mass is 366 g/mol.